The summed E-state index contributed by atoms with van der Waals surface area (Å²) < 4.78 is 4.77. The number of rotatable bonds is 4. The predicted octanol–water partition coefficient (Wildman–Crippen LogP) is -1.25. The van der Waals surface area contributed by atoms with Crippen molar-refractivity contribution in [3.63, 3.8) is 0 Å². The molecule has 0 fully saturated rings. The lowest BCUT2D eigenvalue weighted by molar-refractivity contribution is -0.138. The Balaban J connectivity index is 2.53. The highest BCUT2D eigenvalue weighted by molar-refractivity contribution is 5.75. The summed E-state index contributed by atoms with van der Waals surface area (Å²) in [5.74, 6) is -2.34. The van der Waals surface area contributed by atoms with Crippen molar-refractivity contribution in [1.82, 2.24) is 25.8 Å². The molecule has 0 aromatic carbocycles. The molecule has 2 rings (SSSR count). The molecular weight excluding hydrogens is 244 g/mol. The molecule has 10 heteroatoms. The SMILES string of the molecule is Cc1onc(O)c1C(c1nnn[nH]1)C(N)C(=O)O. The Bertz CT molecular complexity index is 530. The number of aryl methyl sites for hydroxylation is 1. The van der Waals surface area contributed by atoms with E-state index in [1.807, 2.05) is 0 Å². The Morgan fingerprint density at radius 3 is 2.72 bits per heavy atom. The highest BCUT2D eigenvalue weighted by Gasteiger charge is 2.35. The number of hydrogen-bond donors (Lipinski definition) is 4. The second-order valence-electron chi connectivity index (χ2n) is 3.60. The molecule has 0 radical (unpaired) electrons. The van der Waals surface area contributed by atoms with Gasteiger partial charge in [0.2, 0.25) is 0 Å². The molecule has 2 aromatic heterocycles. The molecule has 0 aliphatic rings. The van der Waals surface area contributed by atoms with Crippen LogP contribution in [0, 0.1) is 6.92 Å². The van der Waals surface area contributed by atoms with Crippen LogP contribution in [0.25, 0.3) is 0 Å². The first-order valence-electron chi connectivity index (χ1n) is 4.89. The summed E-state index contributed by atoms with van der Waals surface area (Å²) in [6.45, 7) is 1.52. The topological polar surface area (TPSA) is 164 Å². The summed E-state index contributed by atoms with van der Waals surface area (Å²) in [6.07, 6.45) is 0. The zero-order valence-electron chi connectivity index (χ0n) is 9.23. The van der Waals surface area contributed by atoms with E-state index in [2.05, 4.69) is 25.8 Å². The fourth-order valence-electron chi connectivity index (χ4n) is 1.65. The van der Waals surface area contributed by atoms with Crippen molar-refractivity contribution in [2.75, 3.05) is 0 Å². The van der Waals surface area contributed by atoms with Gasteiger partial charge in [0.25, 0.3) is 5.88 Å². The number of nitrogens with two attached hydrogens (primary N) is 1. The monoisotopic (exact) mass is 254 g/mol. The summed E-state index contributed by atoms with van der Waals surface area (Å²) in [6, 6.07) is -1.36. The average Bonchev–Trinajstić information content (AvgIpc) is 2.94. The molecule has 0 aliphatic heterocycles. The van der Waals surface area contributed by atoms with Gasteiger partial charge >= 0.3 is 5.97 Å². The fraction of sp³-hybridized carbons (Fsp3) is 0.375. The van der Waals surface area contributed by atoms with Crippen LogP contribution < -0.4 is 5.73 Å². The molecule has 0 spiro atoms. The molecule has 0 saturated carbocycles. The molecule has 0 aliphatic carbocycles. The third kappa shape index (κ3) is 1.88. The number of tetrazole rings is 1. The van der Waals surface area contributed by atoms with E-state index in [1.54, 1.807) is 0 Å². The van der Waals surface area contributed by atoms with E-state index in [1.165, 1.54) is 6.92 Å². The van der Waals surface area contributed by atoms with Crippen LogP contribution in [-0.4, -0.2) is 48.0 Å². The molecule has 0 bridgehead atoms. The molecule has 2 unspecified atom stereocenters. The molecule has 0 amide bonds. The number of aromatic amines is 1. The first kappa shape index (κ1) is 12.0. The van der Waals surface area contributed by atoms with Crippen LogP contribution in [0.4, 0.5) is 0 Å². The molecule has 2 atom stereocenters. The summed E-state index contributed by atoms with van der Waals surface area (Å²) in [5, 5.41) is 34.7. The number of carboxylic acid groups (broad SMARTS) is 1. The van der Waals surface area contributed by atoms with Crippen LogP contribution in [0.3, 0.4) is 0 Å². The van der Waals surface area contributed by atoms with Crippen molar-refractivity contribution < 1.29 is 19.5 Å². The lowest BCUT2D eigenvalue weighted by atomic mass is 9.91. The van der Waals surface area contributed by atoms with Crippen LogP contribution in [-0.2, 0) is 4.79 Å². The van der Waals surface area contributed by atoms with Gasteiger partial charge in [0.1, 0.15) is 11.8 Å². The smallest absolute Gasteiger partial charge is 0.321 e. The number of nitrogens with zero attached hydrogens (tertiary/aromatic N) is 4. The van der Waals surface area contributed by atoms with Crippen LogP contribution in [0.2, 0.25) is 0 Å². The summed E-state index contributed by atoms with van der Waals surface area (Å²) in [4.78, 5) is 11.0. The maximum atomic E-state index is 11.0. The number of hydrogen-bond acceptors (Lipinski definition) is 8. The van der Waals surface area contributed by atoms with E-state index < -0.39 is 23.8 Å². The van der Waals surface area contributed by atoms with E-state index in [0.717, 1.165) is 0 Å². The summed E-state index contributed by atoms with van der Waals surface area (Å²) in [7, 11) is 0. The average molecular weight is 254 g/mol. The Morgan fingerprint density at radius 2 is 2.28 bits per heavy atom. The van der Waals surface area contributed by atoms with Crippen molar-refractivity contribution in [2.24, 2.45) is 5.73 Å². The highest BCUT2D eigenvalue weighted by Crippen LogP contribution is 2.33. The van der Waals surface area contributed by atoms with Gasteiger partial charge in [-0.2, -0.15) is 0 Å². The lowest BCUT2D eigenvalue weighted by Crippen LogP contribution is -2.37. The zero-order valence-corrected chi connectivity index (χ0v) is 9.23. The number of nitrogens with one attached hydrogen (secondary N) is 1. The van der Waals surface area contributed by atoms with Gasteiger partial charge in [-0.3, -0.25) is 4.79 Å². The molecule has 5 N–H and O–H groups in total. The molecule has 96 valence electrons. The molecular formula is C8H10N6O4. The van der Waals surface area contributed by atoms with Crippen molar-refractivity contribution in [3.05, 3.63) is 17.1 Å². The van der Waals surface area contributed by atoms with Gasteiger partial charge in [-0.15, -0.1) is 5.10 Å². The van der Waals surface area contributed by atoms with Crippen LogP contribution in [0.5, 0.6) is 5.88 Å². The van der Waals surface area contributed by atoms with Gasteiger partial charge in [-0.1, -0.05) is 0 Å². The van der Waals surface area contributed by atoms with Crippen LogP contribution in [0.1, 0.15) is 23.1 Å². The Kier molecular flexibility index (Phi) is 2.93. The normalized spacial score (nSPS) is 14.3. The van der Waals surface area contributed by atoms with Gasteiger partial charge in [0, 0.05) is 0 Å². The van der Waals surface area contributed by atoms with Gasteiger partial charge in [0.15, 0.2) is 5.82 Å². The number of aromatic nitrogens is 5. The Morgan fingerprint density at radius 1 is 1.56 bits per heavy atom. The van der Waals surface area contributed by atoms with Gasteiger partial charge in [0.05, 0.1) is 11.5 Å². The Labute approximate surface area is 99.8 Å². The molecule has 2 heterocycles. The number of carbonyl (C=O) groups is 1. The molecule has 18 heavy (non-hydrogen) atoms. The standard InChI is InChI=1S/C8H10N6O4/c1-2-3(7(15)12-18-2)4(5(9)8(16)17)6-10-13-14-11-6/h4-5H,9H2,1H3,(H,12,15)(H,16,17)(H,10,11,13,14). The van der Waals surface area contributed by atoms with Crippen molar-refractivity contribution in [3.8, 4) is 5.88 Å². The summed E-state index contributed by atoms with van der Waals surface area (Å²) in [5.41, 5.74) is 5.73. The van der Waals surface area contributed by atoms with Crippen LogP contribution in [0.15, 0.2) is 4.52 Å². The maximum absolute atomic E-state index is 11.0. The lowest BCUT2D eigenvalue weighted by Gasteiger charge is -2.16. The number of carboxylic acids is 1. The van der Waals surface area contributed by atoms with E-state index in [0.29, 0.717) is 0 Å². The fourth-order valence-corrected chi connectivity index (χ4v) is 1.65. The predicted molar refractivity (Wildman–Crippen MR) is 54.5 cm³/mol. The van der Waals surface area contributed by atoms with Gasteiger partial charge < -0.3 is 20.5 Å². The van der Waals surface area contributed by atoms with Crippen LogP contribution >= 0.6 is 0 Å². The largest absolute Gasteiger partial charge is 0.491 e. The second kappa shape index (κ2) is 4.41. The minimum atomic E-state index is -1.36. The van der Waals surface area contributed by atoms with Gasteiger partial charge in [-0.05, 0) is 22.5 Å². The first-order valence-corrected chi connectivity index (χ1v) is 4.89. The number of H-pyrrole nitrogens is 1. The maximum Gasteiger partial charge on any atom is 0.321 e. The third-order valence-electron chi connectivity index (χ3n) is 2.50. The van der Waals surface area contributed by atoms with Crippen molar-refractivity contribution >= 4 is 5.97 Å². The van der Waals surface area contributed by atoms with Crippen molar-refractivity contribution in [2.45, 2.75) is 18.9 Å². The second-order valence-corrected chi connectivity index (χ2v) is 3.60. The quantitative estimate of drug-likeness (QED) is 0.521. The molecule has 0 saturated heterocycles. The highest BCUT2D eigenvalue weighted by atomic mass is 16.5. The van der Waals surface area contributed by atoms with Gasteiger partial charge in [-0.25, -0.2) is 5.10 Å². The van der Waals surface area contributed by atoms with E-state index >= 15 is 0 Å². The minimum Gasteiger partial charge on any atom is -0.491 e. The number of aliphatic carboxylic acids is 1. The van der Waals surface area contributed by atoms with E-state index in [-0.39, 0.29) is 17.1 Å². The third-order valence-corrected chi connectivity index (χ3v) is 2.50. The molecule has 2 aromatic rings. The summed E-state index contributed by atoms with van der Waals surface area (Å²) >= 11 is 0. The molecule has 10 nitrogen and oxygen atoms in total. The van der Waals surface area contributed by atoms with E-state index in [4.69, 9.17) is 15.4 Å². The minimum absolute atomic E-state index is 0.103. The zero-order chi connectivity index (χ0) is 13.3. The number of aromatic hydroxyl groups is 1. The van der Waals surface area contributed by atoms with Crippen molar-refractivity contribution in [1.29, 1.82) is 0 Å². The Hall–Kier alpha value is -2.49. The first-order chi connectivity index (χ1) is 8.52. The van der Waals surface area contributed by atoms with E-state index in [9.17, 15) is 9.90 Å².